The van der Waals surface area contributed by atoms with Gasteiger partial charge in [0, 0.05) is 23.3 Å². The van der Waals surface area contributed by atoms with Crippen LogP contribution in [0.5, 0.6) is 0 Å². The van der Waals surface area contributed by atoms with E-state index in [0.29, 0.717) is 12.0 Å². The van der Waals surface area contributed by atoms with E-state index in [-0.39, 0.29) is 0 Å². The number of aromatic nitrogens is 2. The Morgan fingerprint density at radius 1 is 1.42 bits per heavy atom. The molecule has 1 N–H and O–H groups in total. The molecule has 0 atom stereocenters. The van der Waals surface area contributed by atoms with Crippen LogP contribution >= 0.6 is 0 Å². The van der Waals surface area contributed by atoms with Gasteiger partial charge in [0.05, 0.1) is 18.1 Å². The van der Waals surface area contributed by atoms with Gasteiger partial charge in [-0.25, -0.2) is 4.98 Å². The van der Waals surface area contributed by atoms with Gasteiger partial charge in [-0.05, 0) is 24.6 Å². The Morgan fingerprint density at radius 2 is 2.32 bits per heavy atom. The summed E-state index contributed by atoms with van der Waals surface area (Å²) in [4.78, 5) is 7.30. The number of fused-ring (bicyclic) bond motifs is 1. The van der Waals surface area contributed by atoms with Gasteiger partial charge >= 0.3 is 0 Å². The van der Waals surface area contributed by atoms with Crippen LogP contribution in [0.2, 0.25) is 0 Å². The molecule has 0 bridgehead atoms. The molecule has 2 aromatic heterocycles. The summed E-state index contributed by atoms with van der Waals surface area (Å²) >= 11 is 0. The SMILES string of the molecule is CCc1c(Cc2ncc[nH]2)oc2ccc(C#N)cc12. The quantitative estimate of drug-likeness (QED) is 0.777. The molecule has 19 heavy (non-hydrogen) atoms. The molecule has 3 aromatic rings. The Balaban J connectivity index is 2.12. The molecule has 0 saturated heterocycles. The first-order chi connectivity index (χ1) is 9.31. The minimum Gasteiger partial charge on any atom is -0.460 e. The van der Waals surface area contributed by atoms with Crippen molar-refractivity contribution in [2.24, 2.45) is 0 Å². The number of aryl methyl sites for hydroxylation is 1. The summed E-state index contributed by atoms with van der Waals surface area (Å²) in [5, 5.41) is 10.0. The lowest BCUT2D eigenvalue weighted by atomic mass is 10.0. The fourth-order valence-electron chi connectivity index (χ4n) is 2.35. The van der Waals surface area contributed by atoms with Crippen molar-refractivity contribution in [3.63, 3.8) is 0 Å². The Hall–Kier alpha value is -2.54. The van der Waals surface area contributed by atoms with Gasteiger partial charge in [-0.15, -0.1) is 0 Å². The molecule has 0 aliphatic heterocycles. The molecule has 0 spiro atoms. The van der Waals surface area contributed by atoms with Crippen molar-refractivity contribution in [2.75, 3.05) is 0 Å². The maximum atomic E-state index is 8.98. The molecule has 4 nitrogen and oxygen atoms in total. The van der Waals surface area contributed by atoms with Crippen LogP contribution in [0.3, 0.4) is 0 Å². The van der Waals surface area contributed by atoms with Gasteiger partial charge in [0.15, 0.2) is 0 Å². The second-order valence-electron chi connectivity index (χ2n) is 4.39. The number of hydrogen-bond acceptors (Lipinski definition) is 3. The maximum Gasteiger partial charge on any atom is 0.134 e. The van der Waals surface area contributed by atoms with Crippen LogP contribution in [0, 0.1) is 11.3 Å². The number of furan rings is 1. The third-order valence-corrected chi connectivity index (χ3v) is 3.24. The van der Waals surface area contributed by atoms with Gasteiger partial charge in [0.2, 0.25) is 0 Å². The summed E-state index contributed by atoms with van der Waals surface area (Å²) in [7, 11) is 0. The predicted octanol–water partition coefficient (Wildman–Crippen LogP) is 3.18. The summed E-state index contributed by atoms with van der Waals surface area (Å²) in [6, 6.07) is 7.70. The smallest absolute Gasteiger partial charge is 0.134 e. The van der Waals surface area contributed by atoms with Crippen LogP contribution in [0.15, 0.2) is 35.0 Å². The topological polar surface area (TPSA) is 65.6 Å². The minimum absolute atomic E-state index is 0.646. The van der Waals surface area contributed by atoms with Crippen LogP contribution in [0.1, 0.15) is 29.6 Å². The Labute approximate surface area is 110 Å². The standard InChI is InChI=1S/C15H13N3O/c1-2-11-12-7-10(9-16)3-4-13(12)19-14(11)8-15-17-5-6-18-15/h3-7H,2,8H2,1H3,(H,17,18). The van der Waals surface area contributed by atoms with Crippen molar-refractivity contribution in [2.45, 2.75) is 19.8 Å². The Bertz CT molecular complexity index is 748. The lowest BCUT2D eigenvalue weighted by Gasteiger charge is -1.97. The Kier molecular flexibility index (Phi) is 2.81. The highest BCUT2D eigenvalue weighted by Gasteiger charge is 2.14. The molecule has 1 aromatic carbocycles. The summed E-state index contributed by atoms with van der Waals surface area (Å²) in [6.45, 7) is 2.09. The molecular weight excluding hydrogens is 238 g/mol. The van der Waals surface area contributed by atoms with E-state index in [2.05, 4.69) is 23.0 Å². The van der Waals surface area contributed by atoms with E-state index in [1.807, 2.05) is 12.1 Å². The first kappa shape index (κ1) is 11.5. The number of rotatable bonds is 3. The molecule has 0 amide bonds. The summed E-state index contributed by atoms with van der Waals surface area (Å²) in [5.41, 5.74) is 2.65. The van der Waals surface area contributed by atoms with Crippen molar-refractivity contribution in [1.29, 1.82) is 5.26 Å². The zero-order chi connectivity index (χ0) is 13.2. The van der Waals surface area contributed by atoms with Gasteiger partial charge in [-0.3, -0.25) is 0 Å². The Morgan fingerprint density at radius 3 is 3.00 bits per heavy atom. The number of aromatic amines is 1. The number of nitrogens with one attached hydrogen (secondary N) is 1. The lowest BCUT2D eigenvalue weighted by Crippen LogP contribution is -1.92. The fraction of sp³-hybridized carbons (Fsp3) is 0.200. The number of nitrogens with zero attached hydrogens (tertiary/aromatic N) is 2. The highest BCUT2D eigenvalue weighted by molar-refractivity contribution is 5.83. The molecule has 3 rings (SSSR count). The second kappa shape index (κ2) is 4.62. The molecular formula is C15H13N3O. The maximum absolute atomic E-state index is 8.98. The lowest BCUT2D eigenvalue weighted by molar-refractivity contribution is 0.552. The molecule has 0 fully saturated rings. The van der Waals surface area contributed by atoms with E-state index in [4.69, 9.17) is 9.68 Å². The summed E-state index contributed by atoms with van der Waals surface area (Å²) in [5.74, 6) is 1.80. The first-order valence-corrected chi connectivity index (χ1v) is 6.24. The molecule has 0 aliphatic carbocycles. The van der Waals surface area contributed by atoms with Gasteiger partial charge in [-0.2, -0.15) is 5.26 Å². The zero-order valence-corrected chi connectivity index (χ0v) is 10.6. The number of H-pyrrole nitrogens is 1. The van der Waals surface area contributed by atoms with Crippen LogP contribution in [0.4, 0.5) is 0 Å². The van der Waals surface area contributed by atoms with Gasteiger partial charge in [0.25, 0.3) is 0 Å². The van der Waals surface area contributed by atoms with Gasteiger partial charge in [-0.1, -0.05) is 6.92 Å². The highest BCUT2D eigenvalue weighted by atomic mass is 16.3. The second-order valence-corrected chi connectivity index (χ2v) is 4.39. The minimum atomic E-state index is 0.646. The molecule has 0 radical (unpaired) electrons. The van der Waals surface area contributed by atoms with Crippen molar-refractivity contribution >= 4 is 11.0 Å². The first-order valence-electron chi connectivity index (χ1n) is 6.24. The average Bonchev–Trinajstić information content (AvgIpc) is 3.05. The van der Waals surface area contributed by atoms with Crippen LogP contribution in [-0.2, 0) is 12.8 Å². The average molecular weight is 251 g/mol. The van der Waals surface area contributed by atoms with E-state index >= 15 is 0 Å². The predicted molar refractivity (Wildman–Crippen MR) is 71.7 cm³/mol. The third-order valence-electron chi connectivity index (χ3n) is 3.24. The normalized spacial score (nSPS) is 10.7. The number of benzene rings is 1. The largest absolute Gasteiger partial charge is 0.460 e. The van der Waals surface area contributed by atoms with Crippen molar-refractivity contribution in [1.82, 2.24) is 9.97 Å². The third kappa shape index (κ3) is 2.00. The van der Waals surface area contributed by atoms with Crippen LogP contribution < -0.4 is 0 Å². The fourth-order valence-corrected chi connectivity index (χ4v) is 2.35. The molecule has 4 heteroatoms. The molecule has 0 saturated carbocycles. The van der Waals surface area contributed by atoms with Crippen molar-refractivity contribution in [3.05, 3.63) is 53.3 Å². The summed E-state index contributed by atoms with van der Waals surface area (Å²) in [6.07, 6.45) is 5.06. The highest BCUT2D eigenvalue weighted by Crippen LogP contribution is 2.28. The van der Waals surface area contributed by atoms with Gasteiger partial charge in [0.1, 0.15) is 17.2 Å². The summed E-state index contributed by atoms with van der Waals surface area (Å²) < 4.78 is 5.89. The number of nitriles is 1. The number of hydrogen-bond donors (Lipinski definition) is 1. The zero-order valence-electron chi connectivity index (χ0n) is 10.6. The molecule has 0 aliphatic rings. The van der Waals surface area contributed by atoms with Crippen LogP contribution in [0.25, 0.3) is 11.0 Å². The molecule has 94 valence electrons. The van der Waals surface area contributed by atoms with E-state index in [0.717, 1.165) is 34.5 Å². The van der Waals surface area contributed by atoms with Gasteiger partial charge < -0.3 is 9.40 Å². The van der Waals surface area contributed by atoms with E-state index in [1.54, 1.807) is 18.5 Å². The van der Waals surface area contributed by atoms with Crippen molar-refractivity contribution in [3.8, 4) is 6.07 Å². The van der Waals surface area contributed by atoms with Crippen LogP contribution in [-0.4, -0.2) is 9.97 Å². The number of imidazole rings is 1. The van der Waals surface area contributed by atoms with E-state index < -0.39 is 0 Å². The van der Waals surface area contributed by atoms with E-state index in [9.17, 15) is 0 Å². The van der Waals surface area contributed by atoms with Crippen molar-refractivity contribution < 1.29 is 4.42 Å². The monoisotopic (exact) mass is 251 g/mol. The van der Waals surface area contributed by atoms with E-state index in [1.165, 1.54) is 0 Å². The molecule has 0 unspecified atom stereocenters. The molecule has 2 heterocycles.